The van der Waals surface area contributed by atoms with Crippen LogP contribution in [-0.4, -0.2) is 56.6 Å². The highest BCUT2D eigenvalue weighted by Crippen LogP contribution is 2.12. The average Bonchev–Trinajstić information content (AvgIpc) is 2.79. The van der Waals surface area contributed by atoms with Gasteiger partial charge in [-0.05, 0) is 13.8 Å². The SMILES string of the molecule is COC(=O)CCN(Cc1nc(C)c(C)o1)CC(OC)OC. The fourth-order valence-electron chi connectivity index (χ4n) is 1.84. The number of carbonyl (C=O) groups excluding carboxylic acids is 1. The van der Waals surface area contributed by atoms with Crippen molar-refractivity contribution in [2.75, 3.05) is 34.4 Å². The van der Waals surface area contributed by atoms with Crippen LogP contribution >= 0.6 is 0 Å². The van der Waals surface area contributed by atoms with Crippen LogP contribution in [0.3, 0.4) is 0 Å². The lowest BCUT2D eigenvalue weighted by atomic mass is 10.3. The second-order valence-electron chi connectivity index (χ2n) is 4.71. The van der Waals surface area contributed by atoms with Crippen molar-refractivity contribution < 1.29 is 23.4 Å². The molecule has 0 fully saturated rings. The summed E-state index contributed by atoms with van der Waals surface area (Å²) in [4.78, 5) is 17.6. The highest BCUT2D eigenvalue weighted by atomic mass is 16.7. The van der Waals surface area contributed by atoms with Crippen LogP contribution in [0.25, 0.3) is 0 Å². The van der Waals surface area contributed by atoms with E-state index < -0.39 is 0 Å². The van der Waals surface area contributed by atoms with Crippen molar-refractivity contribution in [1.29, 1.82) is 0 Å². The maximum Gasteiger partial charge on any atom is 0.306 e. The second kappa shape index (κ2) is 8.76. The van der Waals surface area contributed by atoms with E-state index in [-0.39, 0.29) is 18.7 Å². The first-order valence-corrected chi connectivity index (χ1v) is 6.77. The Morgan fingerprint density at radius 2 is 1.95 bits per heavy atom. The quantitative estimate of drug-likeness (QED) is 0.502. The van der Waals surface area contributed by atoms with Crippen LogP contribution in [0.5, 0.6) is 0 Å². The molecule has 1 rings (SSSR count). The van der Waals surface area contributed by atoms with Gasteiger partial charge in [0.2, 0.25) is 5.89 Å². The van der Waals surface area contributed by atoms with E-state index in [4.69, 9.17) is 13.9 Å². The molecule has 120 valence electrons. The molecule has 0 aliphatic carbocycles. The van der Waals surface area contributed by atoms with Gasteiger partial charge in [0.1, 0.15) is 5.76 Å². The summed E-state index contributed by atoms with van der Waals surface area (Å²) >= 11 is 0. The van der Waals surface area contributed by atoms with Crippen LogP contribution in [0.2, 0.25) is 0 Å². The minimum Gasteiger partial charge on any atom is -0.469 e. The van der Waals surface area contributed by atoms with E-state index >= 15 is 0 Å². The van der Waals surface area contributed by atoms with Gasteiger partial charge in [-0.1, -0.05) is 0 Å². The number of nitrogens with zero attached hydrogens (tertiary/aromatic N) is 2. The summed E-state index contributed by atoms with van der Waals surface area (Å²) in [6.45, 7) is 5.27. The molecule has 0 amide bonds. The van der Waals surface area contributed by atoms with E-state index in [0.717, 1.165) is 11.5 Å². The molecule has 0 spiro atoms. The van der Waals surface area contributed by atoms with E-state index in [1.165, 1.54) is 7.11 Å². The van der Waals surface area contributed by atoms with Crippen LogP contribution in [-0.2, 0) is 25.5 Å². The van der Waals surface area contributed by atoms with Crippen LogP contribution in [0.1, 0.15) is 23.8 Å². The zero-order valence-corrected chi connectivity index (χ0v) is 13.3. The molecule has 0 radical (unpaired) electrons. The van der Waals surface area contributed by atoms with Crippen LogP contribution in [0, 0.1) is 13.8 Å². The molecule has 7 nitrogen and oxygen atoms in total. The predicted molar refractivity (Wildman–Crippen MR) is 75.7 cm³/mol. The molecule has 0 aliphatic rings. The number of carbonyl (C=O) groups is 1. The number of rotatable bonds is 9. The minimum atomic E-state index is -0.375. The number of hydrogen-bond acceptors (Lipinski definition) is 7. The molecule has 0 aromatic carbocycles. The number of aryl methyl sites for hydroxylation is 2. The Morgan fingerprint density at radius 3 is 2.43 bits per heavy atom. The monoisotopic (exact) mass is 300 g/mol. The summed E-state index contributed by atoms with van der Waals surface area (Å²) < 4.78 is 20.6. The lowest BCUT2D eigenvalue weighted by Crippen LogP contribution is -2.35. The molecule has 1 aromatic rings. The van der Waals surface area contributed by atoms with Gasteiger partial charge in [-0.3, -0.25) is 9.69 Å². The molecule has 21 heavy (non-hydrogen) atoms. The third kappa shape index (κ3) is 5.82. The molecule has 0 atom stereocenters. The summed E-state index contributed by atoms with van der Waals surface area (Å²) in [5.74, 6) is 1.15. The number of aromatic nitrogens is 1. The zero-order chi connectivity index (χ0) is 15.8. The van der Waals surface area contributed by atoms with Crippen molar-refractivity contribution >= 4 is 5.97 Å². The molecule has 7 heteroatoms. The standard InChI is InChI=1S/C14H24N2O5/c1-10-11(2)21-12(15-10)8-16(7-6-13(17)18-3)9-14(19-4)20-5/h14H,6-9H2,1-5H3. The molecule has 0 saturated heterocycles. The molecular weight excluding hydrogens is 276 g/mol. The topological polar surface area (TPSA) is 74.0 Å². The van der Waals surface area contributed by atoms with Gasteiger partial charge in [0.15, 0.2) is 6.29 Å². The predicted octanol–water partition coefficient (Wildman–Crippen LogP) is 1.28. The van der Waals surface area contributed by atoms with Crippen molar-refractivity contribution in [3.8, 4) is 0 Å². The summed E-state index contributed by atoms with van der Waals surface area (Å²) in [5.41, 5.74) is 0.868. The summed E-state index contributed by atoms with van der Waals surface area (Å²) in [7, 11) is 4.53. The Labute approximate surface area is 125 Å². The summed E-state index contributed by atoms with van der Waals surface area (Å²) in [5, 5.41) is 0. The number of oxazole rings is 1. The van der Waals surface area contributed by atoms with Crippen molar-refractivity contribution in [2.45, 2.75) is 33.1 Å². The largest absolute Gasteiger partial charge is 0.469 e. The van der Waals surface area contributed by atoms with Gasteiger partial charge < -0.3 is 18.6 Å². The fraction of sp³-hybridized carbons (Fsp3) is 0.714. The second-order valence-corrected chi connectivity index (χ2v) is 4.71. The van der Waals surface area contributed by atoms with Crippen LogP contribution < -0.4 is 0 Å². The average molecular weight is 300 g/mol. The normalized spacial score (nSPS) is 11.4. The fourth-order valence-corrected chi connectivity index (χ4v) is 1.84. The Morgan fingerprint density at radius 1 is 1.29 bits per heavy atom. The van der Waals surface area contributed by atoms with E-state index in [9.17, 15) is 4.79 Å². The van der Waals surface area contributed by atoms with E-state index in [0.29, 0.717) is 25.5 Å². The van der Waals surface area contributed by atoms with Crippen molar-refractivity contribution in [3.63, 3.8) is 0 Å². The Bertz CT molecular complexity index is 423. The first-order valence-electron chi connectivity index (χ1n) is 6.77. The third-order valence-electron chi connectivity index (χ3n) is 3.22. The molecular formula is C14H24N2O5. The molecule has 0 unspecified atom stereocenters. The van der Waals surface area contributed by atoms with Crippen LogP contribution in [0.4, 0.5) is 0 Å². The van der Waals surface area contributed by atoms with Gasteiger partial charge in [-0.2, -0.15) is 0 Å². The molecule has 0 N–H and O–H groups in total. The van der Waals surface area contributed by atoms with E-state index in [1.807, 2.05) is 18.7 Å². The Hall–Kier alpha value is -1.44. The van der Waals surface area contributed by atoms with Crippen LogP contribution in [0.15, 0.2) is 4.42 Å². The third-order valence-corrected chi connectivity index (χ3v) is 3.22. The molecule has 0 aliphatic heterocycles. The maximum atomic E-state index is 11.3. The Kier molecular flexibility index (Phi) is 7.35. The van der Waals surface area contributed by atoms with Gasteiger partial charge in [0.25, 0.3) is 0 Å². The minimum absolute atomic E-state index is 0.258. The highest BCUT2D eigenvalue weighted by molar-refractivity contribution is 5.69. The molecule has 1 heterocycles. The summed E-state index contributed by atoms with van der Waals surface area (Å²) in [6, 6.07) is 0. The molecule has 1 aromatic heterocycles. The van der Waals surface area contributed by atoms with Gasteiger partial charge in [-0.15, -0.1) is 0 Å². The van der Waals surface area contributed by atoms with E-state index in [1.54, 1.807) is 14.2 Å². The number of methoxy groups -OCH3 is 3. The Balaban J connectivity index is 2.67. The first-order chi connectivity index (χ1) is 9.99. The number of ether oxygens (including phenoxy) is 3. The molecule has 0 saturated carbocycles. The summed E-state index contributed by atoms with van der Waals surface area (Å²) in [6.07, 6.45) is -0.0882. The number of esters is 1. The lowest BCUT2D eigenvalue weighted by molar-refractivity contribution is -0.142. The van der Waals surface area contributed by atoms with Gasteiger partial charge >= 0.3 is 5.97 Å². The van der Waals surface area contributed by atoms with Gasteiger partial charge in [0.05, 0.1) is 32.3 Å². The lowest BCUT2D eigenvalue weighted by Gasteiger charge is -2.24. The zero-order valence-electron chi connectivity index (χ0n) is 13.3. The van der Waals surface area contributed by atoms with E-state index in [2.05, 4.69) is 9.72 Å². The van der Waals surface area contributed by atoms with Crippen molar-refractivity contribution in [1.82, 2.24) is 9.88 Å². The van der Waals surface area contributed by atoms with Crippen molar-refractivity contribution in [2.24, 2.45) is 0 Å². The molecule has 0 bridgehead atoms. The maximum absolute atomic E-state index is 11.3. The smallest absolute Gasteiger partial charge is 0.306 e. The highest BCUT2D eigenvalue weighted by Gasteiger charge is 2.17. The first kappa shape index (κ1) is 17.6. The van der Waals surface area contributed by atoms with Gasteiger partial charge in [0, 0.05) is 20.8 Å². The number of hydrogen-bond donors (Lipinski definition) is 0. The van der Waals surface area contributed by atoms with Crippen molar-refractivity contribution in [3.05, 3.63) is 17.3 Å². The van der Waals surface area contributed by atoms with Gasteiger partial charge in [-0.25, -0.2) is 4.98 Å².